The molecular formula is C26H32N6OS. The van der Waals surface area contributed by atoms with Crippen LogP contribution in [0.25, 0.3) is 5.69 Å². The van der Waals surface area contributed by atoms with Crippen LogP contribution in [0.1, 0.15) is 37.1 Å². The molecule has 2 aliphatic rings. The number of para-hydroxylation sites is 1. The van der Waals surface area contributed by atoms with Crippen LogP contribution in [0.4, 0.5) is 11.4 Å². The minimum atomic E-state index is -0.0364. The number of thioether (sulfide) groups is 1. The molecule has 0 bridgehead atoms. The zero-order chi connectivity index (χ0) is 23.3. The van der Waals surface area contributed by atoms with Gasteiger partial charge < -0.3 is 10.2 Å². The highest BCUT2D eigenvalue weighted by atomic mass is 32.2. The topological polar surface area (TPSA) is 66.3 Å². The van der Waals surface area contributed by atoms with E-state index in [-0.39, 0.29) is 11.7 Å². The highest BCUT2D eigenvalue weighted by Gasteiger charge is 2.20. The normalized spacial score (nSPS) is 16.3. The number of nitrogens with one attached hydrogen (secondary N) is 1. The van der Waals surface area contributed by atoms with E-state index in [9.17, 15) is 4.79 Å². The lowest BCUT2D eigenvalue weighted by atomic mass is 10.1. The Labute approximate surface area is 205 Å². The first-order valence-corrected chi connectivity index (χ1v) is 13.2. The highest BCUT2D eigenvalue weighted by Crippen LogP contribution is 2.27. The smallest absolute Gasteiger partial charge is 0.234 e. The van der Waals surface area contributed by atoms with Crippen molar-refractivity contribution in [3.05, 3.63) is 59.9 Å². The van der Waals surface area contributed by atoms with Crippen molar-refractivity contribution in [1.29, 1.82) is 0 Å². The van der Waals surface area contributed by atoms with Gasteiger partial charge in [0.05, 0.1) is 12.3 Å². The maximum absolute atomic E-state index is 12.8. The van der Waals surface area contributed by atoms with E-state index in [0.29, 0.717) is 0 Å². The second-order valence-corrected chi connectivity index (χ2v) is 10.0. The van der Waals surface area contributed by atoms with Gasteiger partial charge in [0.25, 0.3) is 0 Å². The number of carbonyl (C=O) groups is 1. The van der Waals surface area contributed by atoms with E-state index in [1.165, 1.54) is 43.1 Å². The molecule has 34 heavy (non-hydrogen) atoms. The molecule has 1 N–H and O–H groups in total. The maximum Gasteiger partial charge on any atom is 0.234 e. The largest absolute Gasteiger partial charge is 0.372 e. The molecule has 5 rings (SSSR count). The van der Waals surface area contributed by atoms with Crippen LogP contribution in [-0.2, 0) is 11.3 Å². The molecule has 2 aliphatic heterocycles. The number of hydrogen-bond donors (Lipinski definition) is 1. The Morgan fingerprint density at radius 1 is 0.941 bits per heavy atom. The van der Waals surface area contributed by atoms with Crippen LogP contribution < -0.4 is 10.2 Å². The molecule has 178 valence electrons. The van der Waals surface area contributed by atoms with Gasteiger partial charge in [-0.3, -0.25) is 14.3 Å². The van der Waals surface area contributed by atoms with Crippen molar-refractivity contribution in [2.45, 2.75) is 44.3 Å². The number of likely N-dealkylation sites (tertiary alicyclic amines) is 1. The van der Waals surface area contributed by atoms with Gasteiger partial charge in [0, 0.05) is 30.2 Å². The third-order valence-corrected chi connectivity index (χ3v) is 7.50. The Morgan fingerprint density at radius 2 is 1.68 bits per heavy atom. The van der Waals surface area contributed by atoms with Crippen LogP contribution in [0.3, 0.4) is 0 Å². The average molecular weight is 477 g/mol. The number of benzene rings is 2. The van der Waals surface area contributed by atoms with Gasteiger partial charge in [-0.25, -0.2) is 0 Å². The molecule has 0 unspecified atom stereocenters. The summed E-state index contributed by atoms with van der Waals surface area (Å²) in [6.07, 6.45) is 4.98. The summed E-state index contributed by atoms with van der Waals surface area (Å²) < 4.78 is 2.09. The minimum Gasteiger partial charge on any atom is -0.372 e. The SMILES string of the molecule is Cc1cc(N2CCCC2)ccc1NC(=O)CSc1nnc(CN2CCCC2)n1-c1ccccc1. The molecule has 2 fully saturated rings. The first-order chi connectivity index (χ1) is 16.7. The fourth-order valence-electron chi connectivity index (χ4n) is 4.75. The first-order valence-electron chi connectivity index (χ1n) is 12.2. The van der Waals surface area contributed by atoms with E-state index in [0.717, 1.165) is 60.6 Å². The Bertz CT molecular complexity index is 1120. The summed E-state index contributed by atoms with van der Waals surface area (Å²) >= 11 is 1.43. The third-order valence-electron chi connectivity index (χ3n) is 6.57. The summed E-state index contributed by atoms with van der Waals surface area (Å²) in [5, 5.41) is 12.8. The molecule has 1 aromatic heterocycles. The van der Waals surface area contributed by atoms with Gasteiger partial charge >= 0.3 is 0 Å². The minimum absolute atomic E-state index is 0.0364. The summed E-state index contributed by atoms with van der Waals surface area (Å²) in [4.78, 5) is 17.6. The molecule has 8 heteroatoms. The monoisotopic (exact) mass is 476 g/mol. The van der Waals surface area contributed by atoms with Crippen molar-refractivity contribution < 1.29 is 4.79 Å². The third kappa shape index (κ3) is 5.28. The number of aromatic nitrogens is 3. The molecule has 2 saturated heterocycles. The average Bonchev–Trinajstić information content (AvgIpc) is 3.63. The van der Waals surface area contributed by atoms with Gasteiger partial charge in [-0.15, -0.1) is 10.2 Å². The van der Waals surface area contributed by atoms with Gasteiger partial charge in [-0.05, 0) is 81.6 Å². The fourth-order valence-corrected chi connectivity index (χ4v) is 5.52. The molecule has 0 radical (unpaired) electrons. The predicted molar refractivity (Wildman–Crippen MR) is 138 cm³/mol. The first kappa shape index (κ1) is 22.9. The van der Waals surface area contributed by atoms with Crippen LogP contribution in [0.2, 0.25) is 0 Å². The van der Waals surface area contributed by atoms with E-state index in [2.05, 4.69) is 61.1 Å². The predicted octanol–water partition coefficient (Wildman–Crippen LogP) is 4.50. The summed E-state index contributed by atoms with van der Waals surface area (Å²) in [6, 6.07) is 16.5. The Balaban J connectivity index is 1.26. The number of nitrogens with zero attached hydrogens (tertiary/aromatic N) is 5. The zero-order valence-corrected chi connectivity index (χ0v) is 20.6. The van der Waals surface area contributed by atoms with Gasteiger partial charge in [0.15, 0.2) is 11.0 Å². The molecule has 0 spiro atoms. The molecule has 1 amide bonds. The molecule has 0 aliphatic carbocycles. The Kier molecular flexibility index (Phi) is 7.16. The summed E-state index contributed by atoms with van der Waals surface area (Å²) in [5.74, 6) is 1.16. The number of hydrogen-bond acceptors (Lipinski definition) is 6. The number of rotatable bonds is 8. The summed E-state index contributed by atoms with van der Waals surface area (Å²) in [6.45, 7) is 7.26. The van der Waals surface area contributed by atoms with Crippen LogP contribution in [-0.4, -0.2) is 57.5 Å². The number of carbonyl (C=O) groups excluding carboxylic acids is 1. The standard InChI is InChI=1S/C26H32N6OS/c1-20-17-22(31-15-7-8-16-31)11-12-23(20)27-25(33)19-34-26-29-28-24(18-30-13-5-6-14-30)32(26)21-9-3-2-4-10-21/h2-4,9-12,17H,5-8,13-16,18-19H2,1H3,(H,27,33). The van der Waals surface area contributed by atoms with E-state index in [1.807, 2.05) is 24.3 Å². The van der Waals surface area contributed by atoms with Gasteiger partial charge in [-0.2, -0.15) is 0 Å². The van der Waals surface area contributed by atoms with Crippen molar-refractivity contribution in [1.82, 2.24) is 19.7 Å². The lowest BCUT2D eigenvalue weighted by Crippen LogP contribution is -2.21. The Hall–Kier alpha value is -2.84. The second kappa shape index (κ2) is 10.6. The molecule has 2 aromatic carbocycles. The molecule has 3 heterocycles. The lowest BCUT2D eigenvalue weighted by Gasteiger charge is -2.19. The van der Waals surface area contributed by atoms with Crippen LogP contribution in [0, 0.1) is 6.92 Å². The van der Waals surface area contributed by atoms with Crippen molar-refractivity contribution >= 4 is 29.0 Å². The summed E-state index contributed by atoms with van der Waals surface area (Å²) in [5.41, 5.74) is 4.22. The summed E-state index contributed by atoms with van der Waals surface area (Å²) in [7, 11) is 0. The lowest BCUT2D eigenvalue weighted by molar-refractivity contribution is -0.113. The highest BCUT2D eigenvalue weighted by molar-refractivity contribution is 7.99. The van der Waals surface area contributed by atoms with Crippen molar-refractivity contribution in [3.8, 4) is 5.69 Å². The van der Waals surface area contributed by atoms with Gasteiger partial charge in [0.1, 0.15) is 0 Å². The number of aryl methyl sites for hydroxylation is 1. The molecule has 0 saturated carbocycles. The van der Waals surface area contributed by atoms with E-state index >= 15 is 0 Å². The fraction of sp³-hybridized carbons (Fsp3) is 0.423. The van der Waals surface area contributed by atoms with Crippen LogP contribution in [0.5, 0.6) is 0 Å². The van der Waals surface area contributed by atoms with Crippen molar-refractivity contribution in [3.63, 3.8) is 0 Å². The molecule has 7 nitrogen and oxygen atoms in total. The number of amides is 1. The van der Waals surface area contributed by atoms with E-state index in [1.54, 1.807) is 0 Å². The van der Waals surface area contributed by atoms with Crippen molar-refractivity contribution in [2.24, 2.45) is 0 Å². The molecular weight excluding hydrogens is 444 g/mol. The van der Waals surface area contributed by atoms with Gasteiger partial charge in [-0.1, -0.05) is 30.0 Å². The zero-order valence-electron chi connectivity index (χ0n) is 19.7. The number of anilines is 2. The maximum atomic E-state index is 12.8. The Morgan fingerprint density at radius 3 is 2.41 bits per heavy atom. The quantitative estimate of drug-likeness (QED) is 0.483. The van der Waals surface area contributed by atoms with Gasteiger partial charge in [0.2, 0.25) is 5.91 Å². The molecule has 0 atom stereocenters. The molecule has 3 aromatic rings. The second-order valence-electron chi connectivity index (χ2n) is 9.08. The van der Waals surface area contributed by atoms with E-state index < -0.39 is 0 Å². The van der Waals surface area contributed by atoms with Crippen molar-refractivity contribution in [2.75, 3.05) is 42.1 Å². The van der Waals surface area contributed by atoms with Crippen LogP contribution in [0.15, 0.2) is 53.7 Å². The van der Waals surface area contributed by atoms with E-state index in [4.69, 9.17) is 0 Å². The van der Waals surface area contributed by atoms with Crippen LogP contribution >= 0.6 is 11.8 Å².